The van der Waals surface area contributed by atoms with Crippen molar-refractivity contribution in [3.05, 3.63) is 71.4 Å². The van der Waals surface area contributed by atoms with Gasteiger partial charge < -0.3 is 14.2 Å². The van der Waals surface area contributed by atoms with E-state index in [-0.39, 0.29) is 23.1 Å². The maximum absolute atomic E-state index is 13.4. The molecule has 2 aliphatic rings. The third kappa shape index (κ3) is 4.48. The Kier molecular flexibility index (Phi) is 6.19. The number of rotatable bonds is 4. The summed E-state index contributed by atoms with van der Waals surface area (Å²) in [6, 6.07) is 14.9. The SMILES string of the molecule is Cc1ccc(N2C(=O)/C(=C\c3cn(CC(=O)N4CCOCC4)c4ccccc34)C(=O)NC2=S)cc1. The molecular weight excluding hydrogens is 464 g/mol. The minimum Gasteiger partial charge on any atom is -0.378 e. The zero-order valence-corrected chi connectivity index (χ0v) is 20.0. The molecule has 0 saturated carbocycles. The molecule has 0 bridgehead atoms. The van der Waals surface area contributed by atoms with E-state index in [2.05, 4.69) is 5.32 Å². The van der Waals surface area contributed by atoms with E-state index in [1.165, 1.54) is 4.90 Å². The Morgan fingerprint density at radius 3 is 2.54 bits per heavy atom. The molecule has 0 spiro atoms. The van der Waals surface area contributed by atoms with Gasteiger partial charge in [0, 0.05) is 35.8 Å². The van der Waals surface area contributed by atoms with Gasteiger partial charge in [0.25, 0.3) is 11.8 Å². The molecule has 1 aromatic heterocycles. The van der Waals surface area contributed by atoms with E-state index in [4.69, 9.17) is 17.0 Å². The number of thiocarbonyl (C=S) groups is 1. The number of carbonyl (C=O) groups excluding carboxylic acids is 3. The first-order valence-electron chi connectivity index (χ1n) is 11.3. The van der Waals surface area contributed by atoms with E-state index in [0.29, 0.717) is 37.6 Å². The normalized spacial score (nSPS) is 17.9. The average molecular weight is 489 g/mol. The van der Waals surface area contributed by atoms with Gasteiger partial charge in [-0.05, 0) is 43.4 Å². The van der Waals surface area contributed by atoms with Crippen LogP contribution < -0.4 is 10.2 Å². The molecule has 2 fully saturated rings. The smallest absolute Gasteiger partial charge is 0.270 e. The number of amides is 3. The fraction of sp³-hybridized carbons (Fsp3) is 0.231. The summed E-state index contributed by atoms with van der Waals surface area (Å²) in [4.78, 5) is 42.2. The molecular formula is C26H24N4O4S. The maximum Gasteiger partial charge on any atom is 0.270 e. The van der Waals surface area contributed by atoms with Gasteiger partial charge in [-0.15, -0.1) is 0 Å². The molecule has 2 aromatic carbocycles. The molecule has 3 amide bonds. The van der Waals surface area contributed by atoms with Gasteiger partial charge >= 0.3 is 0 Å². The summed E-state index contributed by atoms with van der Waals surface area (Å²) >= 11 is 5.30. The lowest BCUT2D eigenvalue weighted by Crippen LogP contribution is -2.54. The maximum atomic E-state index is 13.4. The van der Waals surface area contributed by atoms with Crippen LogP contribution in [0, 0.1) is 6.92 Å². The number of hydrogen-bond acceptors (Lipinski definition) is 5. The Labute approximate surface area is 207 Å². The van der Waals surface area contributed by atoms with Gasteiger partial charge in [0.1, 0.15) is 12.1 Å². The van der Waals surface area contributed by atoms with Crippen LogP contribution in [0.15, 0.2) is 60.3 Å². The summed E-state index contributed by atoms with van der Waals surface area (Å²) in [5, 5.41) is 3.50. The molecule has 0 unspecified atom stereocenters. The van der Waals surface area contributed by atoms with Gasteiger partial charge in [-0.25, -0.2) is 0 Å². The van der Waals surface area contributed by atoms with E-state index in [0.717, 1.165) is 16.5 Å². The minimum absolute atomic E-state index is 0.00404. The van der Waals surface area contributed by atoms with Crippen LogP contribution in [0.1, 0.15) is 11.1 Å². The second kappa shape index (κ2) is 9.44. The number of ether oxygens (including phenoxy) is 1. The number of fused-ring (bicyclic) bond motifs is 1. The number of benzene rings is 2. The number of carbonyl (C=O) groups is 3. The van der Waals surface area contributed by atoms with E-state index in [9.17, 15) is 14.4 Å². The first-order valence-corrected chi connectivity index (χ1v) is 11.7. The van der Waals surface area contributed by atoms with Crippen LogP contribution in [-0.2, 0) is 25.7 Å². The minimum atomic E-state index is -0.551. The number of morpholine rings is 1. The lowest BCUT2D eigenvalue weighted by Gasteiger charge is -2.29. The highest BCUT2D eigenvalue weighted by Crippen LogP contribution is 2.27. The predicted octanol–water partition coefficient (Wildman–Crippen LogP) is 2.64. The molecule has 2 saturated heterocycles. The van der Waals surface area contributed by atoms with Crippen molar-refractivity contribution in [3.63, 3.8) is 0 Å². The number of hydrogen-bond donors (Lipinski definition) is 1. The number of aryl methyl sites for hydroxylation is 1. The molecule has 5 rings (SSSR count). The molecule has 178 valence electrons. The quantitative estimate of drug-likeness (QED) is 0.347. The lowest BCUT2D eigenvalue weighted by atomic mass is 10.1. The van der Waals surface area contributed by atoms with Gasteiger partial charge in [0.2, 0.25) is 5.91 Å². The number of para-hydroxylation sites is 1. The van der Waals surface area contributed by atoms with Crippen molar-refractivity contribution in [1.82, 2.24) is 14.8 Å². The van der Waals surface area contributed by atoms with Gasteiger partial charge in [-0.2, -0.15) is 0 Å². The van der Waals surface area contributed by atoms with Gasteiger partial charge in [0.15, 0.2) is 5.11 Å². The number of nitrogens with zero attached hydrogens (tertiary/aromatic N) is 3. The van der Waals surface area contributed by atoms with Crippen LogP contribution in [0.4, 0.5) is 5.69 Å². The van der Waals surface area contributed by atoms with Gasteiger partial charge in [0.05, 0.1) is 18.9 Å². The topological polar surface area (TPSA) is 83.9 Å². The van der Waals surface area contributed by atoms with E-state index in [1.54, 1.807) is 29.3 Å². The van der Waals surface area contributed by atoms with Crippen molar-refractivity contribution >= 4 is 57.7 Å². The van der Waals surface area contributed by atoms with Crippen LogP contribution in [-0.4, -0.2) is 58.6 Å². The second-order valence-electron chi connectivity index (χ2n) is 8.52. The van der Waals surface area contributed by atoms with Crippen LogP contribution in [0.25, 0.3) is 17.0 Å². The molecule has 0 atom stereocenters. The fourth-order valence-electron chi connectivity index (χ4n) is 4.32. The number of aromatic nitrogens is 1. The molecule has 3 aromatic rings. The van der Waals surface area contributed by atoms with Crippen molar-refractivity contribution in [3.8, 4) is 0 Å². The Morgan fingerprint density at radius 1 is 1.09 bits per heavy atom. The van der Waals surface area contributed by atoms with Crippen molar-refractivity contribution in [2.24, 2.45) is 0 Å². The van der Waals surface area contributed by atoms with Gasteiger partial charge in [-0.1, -0.05) is 35.9 Å². The Morgan fingerprint density at radius 2 is 1.80 bits per heavy atom. The van der Waals surface area contributed by atoms with E-state index >= 15 is 0 Å². The molecule has 1 N–H and O–H groups in total. The third-order valence-corrected chi connectivity index (χ3v) is 6.47. The average Bonchev–Trinajstić information content (AvgIpc) is 3.20. The predicted molar refractivity (Wildman–Crippen MR) is 137 cm³/mol. The third-order valence-electron chi connectivity index (χ3n) is 6.18. The molecule has 0 aliphatic carbocycles. The summed E-state index contributed by atoms with van der Waals surface area (Å²) in [5.74, 6) is -1.05. The molecule has 0 radical (unpaired) electrons. The largest absolute Gasteiger partial charge is 0.378 e. The highest BCUT2D eigenvalue weighted by atomic mass is 32.1. The van der Waals surface area contributed by atoms with Crippen LogP contribution in [0.2, 0.25) is 0 Å². The number of nitrogens with one attached hydrogen (secondary N) is 1. The monoisotopic (exact) mass is 488 g/mol. The van der Waals surface area contributed by atoms with Crippen LogP contribution in [0.3, 0.4) is 0 Å². The first kappa shape index (κ1) is 22.9. The zero-order valence-electron chi connectivity index (χ0n) is 19.2. The van der Waals surface area contributed by atoms with Crippen molar-refractivity contribution in [2.45, 2.75) is 13.5 Å². The molecule has 2 aliphatic heterocycles. The van der Waals surface area contributed by atoms with Crippen molar-refractivity contribution in [2.75, 3.05) is 31.2 Å². The second-order valence-corrected chi connectivity index (χ2v) is 8.90. The summed E-state index contributed by atoms with van der Waals surface area (Å²) < 4.78 is 7.20. The fourth-order valence-corrected chi connectivity index (χ4v) is 4.60. The highest BCUT2D eigenvalue weighted by Gasteiger charge is 2.34. The summed E-state index contributed by atoms with van der Waals surface area (Å²) in [7, 11) is 0. The standard InChI is InChI=1S/C26H24N4O4S/c1-17-6-8-19(9-7-17)30-25(33)21(24(32)27-26(30)35)14-18-15-29(22-5-3-2-4-20(18)22)16-23(31)28-10-12-34-13-11-28/h2-9,14-15H,10-13,16H2,1H3,(H,27,32,35)/b21-14-. The van der Waals surface area contributed by atoms with Crippen molar-refractivity contribution in [1.29, 1.82) is 0 Å². The molecule has 3 heterocycles. The van der Waals surface area contributed by atoms with E-state index < -0.39 is 11.8 Å². The number of anilines is 1. The molecule has 8 nitrogen and oxygen atoms in total. The first-order chi connectivity index (χ1) is 16.9. The molecule has 9 heteroatoms. The summed E-state index contributed by atoms with van der Waals surface area (Å²) in [6.45, 7) is 4.31. The zero-order chi connectivity index (χ0) is 24.5. The van der Waals surface area contributed by atoms with Gasteiger partial charge in [-0.3, -0.25) is 24.6 Å². The highest BCUT2D eigenvalue weighted by molar-refractivity contribution is 7.80. The molecule has 35 heavy (non-hydrogen) atoms. The van der Waals surface area contributed by atoms with E-state index in [1.807, 2.05) is 47.9 Å². The van der Waals surface area contributed by atoms with Crippen LogP contribution in [0.5, 0.6) is 0 Å². The summed E-state index contributed by atoms with van der Waals surface area (Å²) in [6.07, 6.45) is 3.37. The Balaban J connectivity index is 1.50. The Hall–Kier alpha value is -3.82. The summed E-state index contributed by atoms with van der Waals surface area (Å²) in [5.41, 5.74) is 3.11. The van der Waals surface area contributed by atoms with Crippen LogP contribution >= 0.6 is 12.2 Å². The Bertz CT molecular complexity index is 1370. The lowest BCUT2D eigenvalue weighted by molar-refractivity contribution is -0.135. The van der Waals surface area contributed by atoms with Crippen molar-refractivity contribution < 1.29 is 19.1 Å².